The number of benzene rings is 1. The van der Waals surface area contributed by atoms with Crippen LogP contribution in [-0.4, -0.2) is 21.5 Å². The van der Waals surface area contributed by atoms with Crippen LogP contribution in [0.4, 0.5) is 0 Å². The first-order valence-corrected chi connectivity index (χ1v) is 6.22. The molecular formula is C14H18N4O. The van der Waals surface area contributed by atoms with Crippen molar-refractivity contribution in [3.8, 4) is 0 Å². The lowest BCUT2D eigenvalue weighted by Crippen LogP contribution is -2.37. The van der Waals surface area contributed by atoms with Crippen molar-refractivity contribution in [3.63, 3.8) is 0 Å². The molecule has 0 radical (unpaired) electrons. The zero-order valence-electron chi connectivity index (χ0n) is 10.9. The molecule has 0 bridgehead atoms. The maximum Gasteiger partial charge on any atom is 0.236 e. The van der Waals surface area contributed by atoms with E-state index in [1.165, 1.54) is 5.56 Å². The second-order valence-electron chi connectivity index (χ2n) is 4.56. The number of carbonyl (C=O) groups excluding carboxylic acids is 1. The highest BCUT2D eigenvalue weighted by atomic mass is 16.2. The highest BCUT2D eigenvalue weighted by molar-refractivity contribution is 5.80. The summed E-state index contributed by atoms with van der Waals surface area (Å²) in [5.74, 6) is -0.139. The van der Waals surface area contributed by atoms with Crippen LogP contribution in [0.3, 0.4) is 0 Å². The van der Waals surface area contributed by atoms with Crippen molar-refractivity contribution in [2.75, 3.05) is 0 Å². The number of nitrogens with one attached hydrogen (secondary N) is 1. The topological polar surface area (TPSA) is 72.9 Å². The van der Waals surface area contributed by atoms with Crippen LogP contribution < -0.4 is 11.1 Å². The predicted molar refractivity (Wildman–Crippen MR) is 73.3 cm³/mol. The SMILES string of the molecule is C[C@@H](N)C(=O)NCc1cccc(Cn2ccnc2)c1. The Morgan fingerprint density at radius 3 is 2.95 bits per heavy atom. The molecule has 3 N–H and O–H groups in total. The van der Waals surface area contributed by atoms with Gasteiger partial charge in [-0.1, -0.05) is 24.3 Å². The molecule has 0 aliphatic carbocycles. The average molecular weight is 258 g/mol. The number of imidazole rings is 1. The van der Waals surface area contributed by atoms with Crippen molar-refractivity contribution in [1.82, 2.24) is 14.9 Å². The Morgan fingerprint density at radius 1 is 1.47 bits per heavy atom. The van der Waals surface area contributed by atoms with Gasteiger partial charge in [0.15, 0.2) is 0 Å². The van der Waals surface area contributed by atoms with E-state index in [0.717, 1.165) is 12.1 Å². The van der Waals surface area contributed by atoms with E-state index in [1.54, 1.807) is 19.4 Å². The first-order valence-electron chi connectivity index (χ1n) is 6.22. The zero-order chi connectivity index (χ0) is 13.7. The number of nitrogens with two attached hydrogens (primary N) is 1. The van der Waals surface area contributed by atoms with E-state index in [1.807, 2.05) is 22.9 Å². The Kier molecular flexibility index (Phi) is 4.30. The molecule has 0 fully saturated rings. The van der Waals surface area contributed by atoms with Gasteiger partial charge in [0.1, 0.15) is 0 Å². The van der Waals surface area contributed by atoms with Crippen molar-refractivity contribution in [1.29, 1.82) is 0 Å². The molecule has 100 valence electrons. The van der Waals surface area contributed by atoms with Crippen molar-refractivity contribution < 1.29 is 4.79 Å². The van der Waals surface area contributed by atoms with Crippen LogP contribution in [0.2, 0.25) is 0 Å². The number of rotatable bonds is 5. The number of hydrogen-bond acceptors (Lipinski definition) is 3. The van der Waals surface area contributed by atoms with Crippen molar-refractivity contribution in [3.05, 3.63) is 54.1 Å². The molecular weight excluding hydrogens is 240 g/mol. The molecule has 5 heteroatoms. The smallest absolute Gasteiger partial charge is 0.236 e. The first-order chi connectivity index (χ1) is 9.15. The molecule has 0 saturated carbocycles. The molecule has 2 aromatic rings. The average Bonchev–Trinajstić information content (AvgIpc) is 2.89. The summed E-state index contributed by atoms with van der Waals surface area (Å²) in [7, 11) is 0. The maximum absolute atomic E-state index is 11.4. The zero-order valence-corrected chi connectivity index (χ0v) is 10.9. The molecule has 1 aromatic heterocycles. The summed E-state index contributed by atoms with van der Waals surface area (Å²) in [5.41, 5.74) is 7.73. The van der Waals surface area contributed by atoms with E-state index >= 15 is 0 Å². The molecule has 0 saturated heterocycles. The van der Waals surface area contributed by atoms with Gasteiger partial charge in [0.25, 0.3) is 0 Å². The summed E-state index contributed by atoms with van der Waals surface area (Å²) >= 11 is 0. The van der Waals surface area contributed by atoms with E-state index in [4.69, 9.17) is 5.73 Å². The fourth-order valence-electron chi connectivity index (χ4n) is 1.78. The Morgan fingerprint density at radius 2 is 2.26 bits per heavy atom. The van der Waals surface area contributed by atoms with Gasteiger partial charge in [0.05, 0.1) is 12.4 Å². The molecule has 0 aliphatic rings. The van der Waals surface area contributed by atoms with Gasteiger partial charge in [0, 0.05) is 25.5 Å². The van der Waals surface area contributed by atoms with E-state index in [9.17, 15) is 4.79 Å². The van der Waals surface area contributed by atoms with E-state index in [0.29, 0.717) is 6.54 Å². The fourth-order valence-corrected chi connectivity index (χ4v) is 1.78. The van der Waals surface area contributed by atoms with Gasteiger partial charge in [0.2, 0.25) is 5.91 Å². The first kappa shape index (κ1) is 13.3. The molecule has 1 heterocycles. The normalized spacial score (nSPS) is 12.1. The minimum atomic E-state index is -0.478. The van der Waals surface area contributed by atoms with Crippen LogP contribution in [0, 0.1) is 0 Å². The summed E-state index contributed by atoms with van der Waals surface area (Å²) in [6, 6.07) is 7.62. The predicted octanol–water partition coefficient (Wildman–Crippen LogP) is 0.895. The Hall–Kier alpha value is -2.14. The summed E-state index contributed by atoms with van der Waals surface area (Å²) in [4.78, 5) is 15.4. The maximum atomic E-state index is 11.4. The van der Waals surface area contributed by atoms with Gasteiger partial charge in [-0.3, -0.25) is 4.79 Å². The molecule has 5 nitrogen and oxygen atoms in total. The highest BCUT2D eigenvalue weighted by Crippen LogP contribution is 2.07. The van der Waals surface area contributed by atoms with Crippen molar-refractivity contribution >= 4 is 5.91 Å². The molecule has 1 atom stereocenters. The van der Waals surface area contributed by atoms with Gasteiger partial charge in [-0.05, 0) is 18.1 Å². The Labute approximate surface area is 112 Å². The second-order valence-corrected chi connectivity index (χ2v) is 4.56. The Balaban J connectivity index is 1.97. The molecule has 2 rings (SSSR count). The highest BCUT2D eigenvalue weighted by Gasteiger charge is 2.06. The number of hydrogen-bond donors (Lipinski definition) is 2. The fraction of sp³-hybridized carbons (Fsp3) is 0.286. The number of amides is 1. The summed E-state index contributed by atoms with van der Waals surface area (Å²) in [6.45, 7) is 2.94. The monoisotopic (exact) mass is 258 g/mol. The molecule has 0 spiro atoms. The minimum Gasteiger partial charge on any atom is -0.351 e. The van der Waals surface area contributed by atoms with E-state index in [2.05, 4.69) is 22.4 Å². The standard InChI is InChI=1S/C14H18N4O/c1-11(15)14(19)17-8-12-3-2-4-13(7-12)9-18-6-5-16-10-18/h2-7,10-11H,8-9,15H2,1H3,(H,17,19)/t11-/m1/s1. The molecule has 19 heavy (non-hydrogen) atoms. The van der Waals surface area contributed by atoms with Crippen LogP contribution in [0.1, 0.15) is 18.1 Å². The van der Waals surface area contributed by atoms with E-state index in [-0.39, 0.29) is 5.91 Å². The van der Waals surface area contributed by atoms with Crippen LogP contribution in [-0.2, 0) is 17.9 Å². The van der Waals surface area contributed by atoms with Gasteiger partial charge in [-0.25, -0.2) is 4.98 Å². The van der Waals surface area contributed by atoms with Gasteiger partial charge >= 0.3 is 0 Å². The Bertz CT molecular complexity index is 534. The summed E-state index contributed by atoms with van der Waals surface area (Å²) < 4.78 is 2.00. The third kappa shape index (κ3) is 3.93. The number of carbonyl (C=O) groups is 1. The van der Waals surface area contributed by atoms with Crippen LogP contribution >= 0.6 is 0 Å². The number of aromatic nitrogens is 2. The lowest BCUT2D eigenvalue weighted by Gasteiger charge is -2.09. The number of nitrogens with zero attached hydrogens (tertiary/aromatic N) is 2. The van der Waals surface area contributed by atoms with Crippen molar-refractivity contribution in [2.24, 2.45) is 5.73 Å². The van der Waals surface area contributed by atoms with Gasteiger partial charge in [-0.15, -0.1) is 0 Å². The lowest BCUT2D eigenvalue weighted by molar-refractivity contribution is -0.122. The minimum absolute atomic E-state index is 0.139. The van der Waals surface area contributed by atoms with Gasteiger partial charge < -0.3 is 15.6 Å². The third-order valence-corrected chi connectivity index (χ3v) is 2.80. The molecule has 0 unspecified atom stereocenters. The summed E-state index contributed by atoms with van der Waals surface area (Å²) in [6.07, 6.45) is 5.46. The van der Waals surface area contributed by atoms with Crippen molar-refractivity contribution in [2.45, 2.75) is 26.1 Å². The quantitative estimate of drug-likeness (QED) is 0.836. The summed E-state index contributed by atoms with van der Waals surface area (Å²) in [5, 5.41) is 2.80. The lowest BCUT2D eigenvalue weighted by atomic mass is 10.1. The van der Waals surface area contributed by atoms with Crippen LogP contribution in [0.25, 0.3) is 0 Å². The van der Waals surface area contributed by atoms with E-state index < -0.39 is 6.04 Å². The molecule has 0 aliphatic heterocycles. The van der Waals surface area contributed by atoms with Crippen LogP contribution in [0.5, 0.6) is 0 Å². The second kappa shape index (κ2) is 6.15. The molecule has 1 aromatic carbocycles. The molecule has 1 amide bonds. The largest absolute Gasteiger partial charge is 0.351 e. The third-order valence-electron chi connectivity index (χ3n) is 2.80. The van der Waals surface area contributed by atoms with Crippen LogP contribution in [0.15, 0.2) is 43.0 Å². The van der Waals surface area contributed by atoms with Gasteiger partial charge in [-0.2, -0.15) is 0 Å².